The van der Waals surface area contributed by atoms with E-state index in [0.717, 1.165) is 12.5 Å². The van der Waals surface area contributed by atoms with E-state index in [0.29, 0.717) is 12.6 Å². The molecule has 0 rings (SSSR count). The largest absolute Gasteiger partial charge is 0.359 e. The number of nitrogens with one attached hydrogen (secondary N) is 3. The van der Waals surface area contributed by atoms with E-state index in [2.05, 4.69) is 34.8 Å². The minimum Gasteiger partial charge on any atom is -0.359 e. The lowest BCUT2D eigenvalue weighted by Gasteiger charge is -2.21. The van der Waals surface area contributed by atoms with Crippen molar-refractivity contribution in [2.45, 2.75) is 40.7 Å². The van der Waals surface area contributed by atoms with Crippen molar-refractivity contribution in [3.63, 3.8) is 0 Å². The van der Waals surface area contributed by atoms with Gasteiger partial charge in [-0.2, -0.15) is 0 Å². The Morgan fingerprint density at radius 2 is 1.94 bits per heavy atom. The molecule has 0 aliphatic carbocycles. The zero-order chi connectivity index (χ0) is 13.5. The molecule has 0 aliphatic heterocycles. The summed E-state index contributed by atoms with van der Waals surface area (Å²) in [6.07, 6.45) is 0. The van der Waals surface area contributed by atoms with E-state index in [1.54, 1.807) is 7.05 Å². The molecular formula is C12H26N4O. The van der Waals surface area contributed by atoms with Crippen LogP contribution in [0.3, 0.4) is 0 Å². The van der Waals surface area contributed by atoms with Gasteiger partial charge in [-0.25, -0.2) is 0 Å². The molecule has 0 saturated carbocycles. The first-order valence-electron chi connectivity index (χ1n) is 6.10. The van der Waals surface area contributed by atoms with Crippen LogP contribution in [-0.4, -0.2) is 38.0 Å². The van der Waals surface area contributed by atoms with Gasteiger partial charge in [0.15, 0.2) is 5.96 Å². The lowest BCUT2D eigenvalue weighted by atomic mass is 9.93. The van der Waals surface area contributed by atoms with Gasteiger partial charge in [0.25, 0.3) is 0 Å². The Morgan fingerprint density at radius 3 is 2.35 bits per heavy atom. The monoisotopic (exact) mass is 242 g/mol. The Kier molecular flexibility index (Phi) is 6.61. The van der Waals surface area contributed by atoms with Gasteiger partial charge in [-0.3, -0.25) is 9.79 Å². The van der Waals surface area contributed by atoms with Crippen molar-refractivity contribution in [3.8, 4) is 0 Å². The zero-order valence-corrected chi connectivity index (χ0v) is 11.8. The molecule has 0 saturated heterocycles. The van der Waals surface area contributed by atoms with E-state index in [4.69, 9.17) is 0 Å². The summed E-state index contributed by atoms with van der Waals surface area (Å²) < 4.78 is 0. The number of nitrogens with zero attached hydrogens (tertiary/aromatic N) is 1. The SMILES string of the molecule is CCNC(=NCC(C)(C)C(=O)NC)NC(C)C. The van der Waals surface area contributed by atoms with Crippen LogP contribution in [0.4, 0.5) is 0 Å². The number of amides is 1. The summed E-state index contributed by atoms with van der Waals surface area (Å²) in [6, 6.07) is 0.316. The van der Waals surface area contributed by atoms with Crippen LogP contribution in [0.1, 0.15) is 34.6 Å². The molecule has 0 atom stereocenters. The van der Waals surface area contributed by atoms with E-state index in [1.165, 1.54) is 0 Å². The van der Waals surface area contributed by atoms with E-state index >= 15 is 0 Å². The van der Waals surface area contributed by atoms with Gasteiger partial charge in [0, 0.05) is 19.6 Å². The quantitative estimate of drug-likeness (QED) is 0.492. The number of hydrogen-bond acceptors (Lipinski definition) is 2. The van der Waals surface area contributed by atoms with Crippen molar-refractivity contribution in [1.82, 2.24) is 16.0 Å². The molecule has 17 heavy (non-hydrogen) atoms. The first-order chi connectivity index (χ1) is 7.83. The van der Waals surface area contributed by atoms with Gasteiger partial charge in [0.1, 0.15) is 0 Å². The van der Waals surface area contributed by atoms with E-state index in [-0.39, 0.29) is 5.91 Å². The molecule has 0 fully saturated rings. The van der Waals surface area contributed by atoms with E-state index < -0.39 is 5.41 Å². The Balaban J connectivity index is 4.56. The maximum atomic E-state index is 11.6. The zero-order valence-electron chi connectivity index (χ0n) is 11.8. The summed E-state index contributed by atoms with van der Waals surface area (Å²) in [5.74, 6) is 0.751. The van der Waals surface area contributed by atoms with Crippen LogP contribution in [0.25, 0.3) is 0 Å². The van der Waals surface area contributed by atoms with Crippen molar-refractivity contribution in [3.05, 3.63) is 0 Å². The third-order valence-electron chi connectivity index (χ3n) is 2.24. The van der Waals surface area contributed by atoms with Crippen molar-refractivity contribution < 1.29 is 4.79 Å². The number of rotatable bonds is 5. The van der Waals surface area contributed by atoms with Crippen LogP contribution in [0.15, 0.2) is 4.99 Å². The second-order valence-electron chi connectivity index (χ2n) is 4.96. The molecular weight excluding hydrogens is 216 g/mol. The van der Waals surface area contributed by atoms with Crippen LogP contribution < -0.4 is 16.0 Å². The fourth-order valence-electron chi connectivity index (χ4n) is 1.28. The Hall–Kier alpha value is -1.26. The highest BCUT2D eigenvalue weighted by atomic mass is 16.2. The molecule has 0 bridgehead atoms. The first-order valence-corrected chi connectivity index (χ1v) is 6.10. The molecule has 100 valence electrons. The van der Waals surface area contributed by atoms with Crippen LogP contribution in [0, 0.1) is 5.41 Å². The highest BCUT2D eigenvalue weighted by molar-refractivity contribution is 5.83. The predicted molar refractivity (Wildman–Crippen MR) is 72.1 cm³/mol. The standard InChI is InChI=1S/C12H26N4O/c1-7-14-11(16-9(2)3)15-8-12(4,5)10(17)13-6/h9H,7-8H2,1-6H3,(H,13,17)(H2,14,15,16). The topological polar surface area (TPSA) is 65.5 Å². The molecule has 3 N–H and O–H groups in total. The lowest BCUT2D eigenvalue weighted by molar-refractivity contribution is -0.128. The molecule has 5 nitrogen and oxygen atoms in total. The maximum absolute atomic E-state index is 11.6. The predicted octanol–water partition coefficient (Wildman–Crippen LogP) is 0.722. The summed E-state index contributed by atoms with van der Waals surface area (Å²) >= 11 is 0. The third-order valence-corrected chi connectivity index (χ3v) is 2.24. The fraction of sp³-hybridized carbons (Fsp3) is 0.833. The van der Waals surface area contributed by atoms with Crippen molar-refractivity contribution >= 4 is 11.9 Å². The average Bonchev–Trinajstić information content (AvgIpc) is 2.24. The molecule has 0 unspecified atom stereocenters. The third kappa shape index (κ3) is 6.14. The van der Waals surface area contributed by atoms with Crippen molar-refractivity contribution in [2.75, 3.05) is 20.1 Å². The van der Waals surface area contributed by atoms with Crippen LogP contribution in [0.5, 0.6) is 0 Å². The number of aliphatic imine (C=N–C) groups is 1. The molecule has 0 aromatic carbocycles. The Bertz CT molecular complexity index is 272. The number of carbonyl (C=O) groups excluding carboxylic acids is 1. The molecule has 0 radical (unpaired) electrons. The first kappa shape index (κ1) is 15.7. The van der Waals surface area contributed by atoms with E-state index in [1.807, 2.05) is 20.8 Å². The molecule has 0 heterocycles. The van der Waals surface area contributed by atoms with Crippen molar-refractivity contribution in [2.24, 2.45) is 10.4 Å². The number of carbonyl (C=O) groups is 1. The normalized spacial score (nSPS) is 12.5. The van der Waals surface area contributed by atoms with Gasteiger partial charge >= 0.3 is 0 Å². The number of guanidine groups is 1. The van der Waals surface area contributed by atoms with Gasteiger partial charge in [-0.05, 0) is 34.6 Å². The molecule has 0 aliphatic rings. The van der Waals surface area contributed by atoms with Crippen LogP contribution in [0.2, 0.25) is 0 Å². The second kappa shape index (κ2) is 7.14. The van der Waals surface area contributed by atoms with E-state index in [9.17, 15) is 4.79 Å². The van der Waals surface area contributed by atoms with Crippen LogP contribution in [-0.2, 0) is 4.79 Å². The Labute approximate surface area is 104 Å². The van der Waals surface area contributed by atoms with Crippen LogP contribution >= 0.6 is 0 Å². The van der Waals surface area contributed by atoms with Gasteiger partial charge in [-0.1, -0.05) is 0 Å². The van der Waals surface area contributed by atoms with Gasteiger partial charge in [0.2, 0.25) is 5.91 Å². The highest BCUT2D eigenvalue weighted by Crippen LogP contribution is 2.15. The summed E-state index contributed by atoms with van der Waals surface area (Å²) in [5.41, 5.74) is -0.492. The highest BCUT2D eigenvalue weighted by Gasteiger charge is 2.26. The Morgan fingerprint density at radius 1 is 1.35 bits per heavy atom. The summed E-state index contributed by atoms with van der Waals surface area (Å²) in [6.45, 7) is 11.1. The molecule has 1 amide bonds. The summed E-state index contributed by atoms with van der Waals surface area (Å²) in [5, 5.41) is 9.02. The van der Waals surface area contributed by atoms with Crippen molar-refractivity contribution in [1.29, 1.82) is 0 Å². The second-order valence-corrected chi connectivity index (χ2v) is 4.96. The average molecular weight is 242 g/mol. The molecule has 5 heteroatoms. The summed E-state index contributed by atoms with van der Waals surface area (Å²) in [7, 11) is 1.64. The maximum Gasteiger partial charge on any atom is 0.227 e. The minimum atomic E-state index is -0.492. The molecule has 0 aromatic heterocycles. The minimum absolute atomic E-state index is 0.00152. The molecule has 0 aromatic rings. The fourth-order valence-corrected chi connectivity index (χ4v) is 1.28. The smallest absolute Gasteiger partial charge is 0.227 e. The molecule has 0 spiro atoms. The lowest BCUT2D eigenvalue weighted by Crippen LogP contribution is -2.43. The van der Waals surface area contributed by atoms with Gasteiger partial charge in [-0.15, -0.1) is 0 Å². The van der Waals surface area contributed by atoms with Gasteiger partial charge in [0.05, 0.1) is 12.0 Å². The summed E-state index contributed by atoms with van der Waals surface area (Å²) in [4.78, 5) is 16.0. The number of hydrogen-bond donors (Lipinski definition) is 3. The van der Waals surface area contributed by atoms with Gasteiger partial charge < -0.3 is 16.0 Å².